The van der Waals surface area contributed by atoms with E-state index in [1.54, 1.807) is 0 Å². The summed E-state index contributed by atoms with van der Waals surface area (Å²) in [6.45, 7) is 0. The SMILES string of the molecule is O=C(O)c1ccc(NC(=O)c2ccc([N+](=O)[O-])o2)c(Br)c1. The minimum absolute atomic E-state index is 0.0495. The first-order valence-electron chi connectivity index (χ1n) is 5.47. The van der Waals surface area contributed by atoms with Crippen molar-refractivity contribution in [2.45, 2.75) is 0 Å². The zero-order valence-corrected chi connectivity index (χ0v) is 11.8. The van der Waals surface area contributed by atoms with Gasteiger partial charge in [-0.1, -0.05) is 0 Å². The fraction of sp³-hybridized carbons (Fsp3) is 0. The average molecular weight is 355 g/mol. The predicted molar refractivity (Wildman–Crippen MR) is 74.4 cm³/mol. The van der Waals surface area contributed by atoms with Crippen LogP contribution in [-0.2, 0) is 0 Å². The van der Waals surface area contributed by atoms with Crippen molar-refractivity contribution < 1.29 is 24.0 Å². The molecule has 2 aromatic rings. The van der Waals surface area contributed by atoms with E-state index < -0.39 is 22.7 Å². The molecule has 2 rings (SSSR count). The third-order valence-corrected chi connectivity index (χ3v) is 3.12. The first-order valence-corrected chi connectivity index (χ1v) is 6.26. The standard InChI is InChI=1S/C12H7BrN2O6/c13-7-5-6(12(17)18)1-2-8(7)14-11(16)9-3-4-10(21-9)15(19)20/h1-5H,(H,14,16)(H,17,18). The van der Waals surface area contributed by atoms with Gasteiger partial charge in [-0.2, -0.15) is 0 Å². The van der Waals surface area contributed by atoms with Gasteiger partial charge in [0, 0.05) is 4.47 Å². The molecule has 1 aromatic carbocycles. The van der Waals surface area contributed by atoms with Crippen molar-refractivity contribution in [3.05, 3.63) is 56.2 Å². The lowest BCUT2D eigenvalue weighted by molar-refractivity contribution is -0.402. The van der Waals surface area contributed by atoms with E-state index in [0.717, 1.165) is 6.07 Å². The number of carbonyl (C=O) groups is 2. The second-order valence-corrected chi connectivity index (χ2v) is 4.70. The van der Waals surface area contributed by atoms with E-state index in [4.69, 9.17) is 9.52 Å². The van der Waals surface area contributed by atoms with Crippen LogP contribution in [-0.4, -0.2) is 21.9 Å². The number of amides is 1. The summed E-state index contributed by atoms with van der Waals surface area (Å²) in [4.78, 5) is 32.4. The minimum Gasteiger partial charge on any atom is -0.478 e. The summed E-state index contributed by atoms with van der Waals surface area (Å²) in [6, 6.07) is 6.27. The number of rotatable bonds is 4. The second kappa shape index (κ2) is 5.75. The lowest BCUT2D eigenvalue weighted by Crippen LogP contribution is -2.11. The number of halogens is 1. The van der Waals surface area contributed by atoms with Gasteiger partial charge in [-0.15, -0.1) is 0 Å². The molecule has 0 unspecified atom stereocenters. The van der Waals surface area contributed by atoms with Crippen molar-refractivity contribution >= 4 is 39.4 Å². The van der Waals surface area contributed by atoms with Crippen LogP contribution in [0.25, 0.3) is 0 Å². The maximum atomic E-state index is 11.9. The molecule has 0 aliphatic heterocycles. The van der Waals surface area contributed by atoms with E-state index in [1.807, 2.05) is 0 Å². The van der Waals surface area contributed by atoms with Crippen LogP contribution >= 0.6 is 15.9 Å². The molecule has 1 heterocycles. The van der Waals surface area contributed by atoms with Gasteiger partial charge in [-0.3, -0.25) is 14.9 Å². The lowest BCUT2D eigenvalue weighted by Gasteiger charge is -2.06. The number of nitrogens with zero attached hydrogens (tertiary/aromatic N) is 1. The molecule has 21 heavy (non-hydrogen) atoms. The smallest absolute Gasteiger partial charge is 0.433 e. The van der Waals surface area contributed by atoms with Gasteiger partial charge in [-0.25, -0.2) is 4.79 Å². The first kappa shape index (κ1) is 14.7. The largest absolute Gasteiger partial charge is 0.478 e. The highest BCUT2D eigenvalue weighted by molar-refractivity contribution is 9.10. The Bertz CT molecular complexity index is 739. The fourth-order valence-corrected chi connectivity index (χ4v) is 1.96. The quantitative estimate of drug-likeness (QED) is 0.642. The molecule has 0 fully saturated rings. The van der Waals surface area contributed by atoms with Crippen molar-refractivity contribution in [2.24, 2.45) is 0 Å². The number of benzene rings is 1. The Balaban J connectivity index is 2.19. The van der Waals surface area contributed by atoms with Gasteiger partial charge in [0.25, 0.3) is 5.91 Å². The van der Waals surface area contributed by atoms with Gasteiger partial charge >= 0.3 is 11.9 Å². The van der Waals surface area contributed by atoms with Crippen LogP contribution in [0, 0.1) is 10.1 Å². The Morgan fingerprint density at radius 1 is 1.29 bits per heavy atom. The highest BCUT2D eigenvalue weighted by atomic mass is 79.9. The van der Waals surface area contributed by atoms with Gasteiger partial charge in [-0.05, 0) is 40.2 Å². The molecule has 0 radical (unpaired) electrons. The summed E-state index contributed by atoms with van der Waals surface area (Å²) in [7, 11) is 0. The monoisotopic (exact) mass is 354 g/mol. The van der Waals surface area contributed by atoms with E-state index in [9.17, 15) is 19.7 Å². The van der Waals surface area contributed by atoms with E-state index in [2.05, 4.69) is 21.2 Å². The third kappa shape index (κ3) is 3.26. The highest BCUT2D eigenvalue weighted by Gasteiger charge is 2.18. The topological polar surface area (TPSA) is 123 Å². The lowest BCUT2D eigenvalue weighted by atomic mass is 10.2. The average Bonchev–Trinajstić information content (AvgIpc) is 2.90. The molecule has 0 aliphatic carbocycles. The van der Waals surface area contributed by atoms with Crippen molar-refractivity contribution in [1.29, 1.82) is 0 Å². The Morgan fingerprint density at radius 2 is 2.00 bits per heavy atom. The zero-order valence-electron chi connectivity index (χ0n) is 10.2. The highest BCUT2D eigenvalue weighted by Crippen LogP contribution is 2.25. The van der Waals surface area contributed by atoms with Crippen molar-refractivity contribution in [3.63, 3.8) is 0 Å². The number of hydrogen-bond acceptors (Lipinski definition) is 5. The maximum Gasteiger partial charge on any atom is 0.433 e. The van der Waals surface area contributed by atoms with Gasteiger partial charge in [0.2, 0.25) is 0 Å². The Kier molecular flexibility index (Phi) is 4.03. The molecule has 108 valence electrons. The second-order valence-electron chi connectivity index (χ2n) is 3.85. The summed E-state index contributed by atoms with van der Waals surface area (Å²) in [5, 5.41) is 21.7. The zero-order chi connectivity index (χ0) is 15.6. The minimum atomic E-state index is -1.10. The molecule has 2 N–H and O–H groups in total. The number of anilines is 1. The van der Waals surface area contributed by atoms with Crippen molar-refractivity contribution in [2.75, 3.05) is 5.32 Å². The molecule has 0 bridgehead atoms. The Labute approximate surface area is 125 Å². The van der Waals surface area contributed by atoms with Gasteiger partial charge in [0.05, 0.1) is 17.3 Å². The Morgan fingerprint density at radius 3 is 2.52 bits per heavy atom. The number of carboxylic acid groups (broad SMARTS) is 1. The van der Waals surface area contributed by atoms with Crippen molar-refractivity contribution in [3.8, 4) is 0 Å². The number of hydrogen-bond donors (Lipinski definition) is 2. The van der Waals surface area contributed by atoms with Crippen molar-refractivity contribution in [1.82, 2.24) is 0 Å². The van der Waals surface area contributed by atoms with Crippen LogP contribution in [0.2, 0.25) is 0 Å². The number of nitrogens with one attached hydrogen (secondary N) is 1. The van der Waals surface area contributed by atoms with Crippen LogP contribution in [0.3, 0.4) is 0 Å². The third-order valence-electron chi connectivity index (χ3n) is 2.46. The van der Waals surface area contributed by atoms with E-state index in [0.29, 0.717) is 10.2 Å². The summed E-state index contributed by atoms with van der Waals surface area (Å²) in [5.41, 5.74) is 0.359. The molecule has 0 aliphatic rings. The summed E-state index contributed by atoms with van der Waals surface area (Å²) in [6.07, 6.45) is 0. The van der Waals surface area contributed by atoms with Crippen LogP contribution in [0.5, 0.6) is 0 Å². The number of nitro groups is 1. The van der Waals surface area contributed by atoms with Gasteiger partial charge in [0.15, 0.2) is 5.76 Å². The summed E-state index contributed by atoms with van der Waals surface area (Å²) < 4.78 is 5.12. The molecule has 1 aromatic heterocycles. The normalized spacial score (nSPS) is 10.1. The van der Waals surface area contributed by atoms with Crippen LogP contribution in [0.4, 0.5) is 11.6 Å². The number of furan rings is 1. The number of aromatic carboxylic acids is 1. The molecule has 9 heteroatoms. The predicted octanol–water partition coefficient (Wildman–Crippen LogP) is 2.90. The maximum absolute atomic E-state index is 11.9. The number of carbonyl (C=O) groups excluding carboxylic acids is 1. The molecular formula is C12H7BrN2O6. The van der Waals surface area contributed by atoms with Crippen LogP contribution in [0.1, 0.15) is 20.9 Å². The van der Waals surface area contributed by atoms with Gasteiger partial charge < -0.3 is 14.8 Å². The first-order chi connectivity index (χ1) is 9.88. The molecular weight excluding hydrogens is 348 g/mol. The molecule has 1 amide bonds. The Hall–Kier alpha value is -2.68. The van der Waals surface area contributed by atoms with E-state index in [-0.39, 0.29) is 11.3 Å². The summed E-state index contributed by atoms with van der Waals surface area (Å²) >= 11 is 3.13. The number of carboxylic acids is 1. The summed E-state index contributed by atoms with van der Waals surface area (Å²) in [5.74, 6) is -2.56. The van der Waals surface area contributed by atoms with E-state index >= 15 is 0 Å². The molecule has 8 nitrogen and oxygen atoms in total. The van der Waals surface area contributed by atoms with Gasteiger partial charge in [0.1, 0.15) is 4.92 Å². The fourth-order valence-electron chi connectivity index (χ4n) is 1.48. The van der Waals surface area contributed by atoms with E-state index in [1.165, 1.54) is 24.3 Å². The molecule has 0 saturated heterocycles. The molecule has 0 atom stereocenters. The molecule has 0 saturated carbocycles. The van der Waals surface area contributed by atoms with Crippen LogP contribution < -0.4 is 5.32 Å². The van der Waals surface area contributed by atoms with Crippen LogP contribution in [0.15, 0.2) is 39.2 Å². The molecule has 0 spiro atoms.